The van der Waals surface area contributed by atoms with E-state index in [0.29, 0.717) is 11.1 Å². The van der Waals surface area contributed by atoms with Gasteiger partial charge in [0.25, 0.3) is 5.91 Å². The molecule has 0 spiro atoms. The fourth-order valence-corrected chi connectivity index (χ4v) is 2.27. The molecule has 23 heavy (non-hydrogen) atoms. The minimum atomic E-state index is -1.13. The van der Waals surface area contributed by atoms with Gasteiger partial charge in [0, 0.05) is 17.9 Å². The quantitative estimate of drug-likeness (QED) is 0.709. The first-order chi connectivity index (χ1) is 11.0. The van der Waals surface area contributed by atoms with Crippen molar-refractivity contribution in [2.45, 2.75) is 18.3 Å². The number of carboxylic acids is 1. The van der Waals surface area contributed by atoms with Gasteiger partial charge in [-0.15, -0.1) is 11.6 Å². The zero-order chi connectivity index (χ0) is 16.8. The summed E-state index contributed by atoms with van der Waals surface area (Å²) >= 11 is 5.73. The van der Waals surface area contributed by atoms with E-state index in [2.05, 4.69) is 5.32 Å². The number of nitrogens with one attached hydrogen (secondary N) is 1. The zero-order valence-corrected chi connectivity index (χ0v) is 13.0. The van der Waals surface area contributed by atoms with E-state index in [4.69, 9.17) is 11.6 Å². The van der Waals surface area contributed by atoms with E-state index >= 15 is 0 Å². The summed E-state index contributed by atoms with van der Waals surface area (Å²) in [6.45, 7) is 0. The predicted molar refractivity (Wildman–Crippen MR) is 86.7 cm³/mol. The van der Waals surface area contributed by atoms with Gasteiger partial charge in [-0.05, 0) is 35.4 Å². The van der Waals surface area contributed by atoms with Gasteiger partial charge in [-0.1, -0.05) is 24.3 Å². The maximum Gasteiger partial charge on any atom is 0.326 e. The van der Waals surface area contributed by atoms with Crippen LogP contribution < -0.4 is 5.32 Å². The fraction of sp³-hybridized carbons (Fsp3) is 0.176. The molecular formula is C17H16ClNO4. The number of carbonyl (C=O) groups excluding carboxylic acids is 1. The molecular weight excluding hydrogens is 318 g/mol. The van der Waals surface area contributed by atoms with Crippen LogP contribution in [0.25, 0.3) is 0 Å². The maximum atomic E-state index is 12.2. The van der Waals surface area contributed by atoms with Crippen LogP contribution in [0.1, 0.15) is 21.5 Å². The summed E-state index contributed by atoms with van der Waals surface area (Å²) in [5, 5.41) is 21.1. The third-order valence-electron chi connectivity index (χ3n) is 3.32. The summed E-state index contributed by atoms with van der Waals surface area (Å²) in [5.74, 6) is -1.22. The molecule has 2 aromatic rings. The number of carboxylic acid groups (broad SMARTS) is 1. The van der Waals surface area contributed by atoms with Crippen molar-refractivity contribution in [3.05, 3.63) is 65.2 Å². The predicted octanol–water partition coefficient (Wildman–Crippen LogP) is 2.56. The van der Waals surface area contributed by atoms with Crippen molar-refractivity contribution in [2.75, 3.05) is 0 Å². The Kier molecular flexibility index (Phi) is 5.60. The number of carbonyl (C=O) groups is 2. The van der Waals surface area contributed by atoms with Gasteiger partial charge in [-0.3, -0.25) is 4.79 Å². The van der Waals surface area contributed by atoms with Crippen molar-refractivity contribution in [1.82, 2.24) is 5.32 Å². The highest BCUT2D eigenvalue weighted by Crippen LogP contribution is 2.12. The number of phenols is 1. The Bertz CT molecular complexity index is 700. The third-order valence-corrected chi connectivity index (χ3v) is 3.63. The van der Waals surface area contributed by atoms with Gasteiger partial charge in [0.1, 0.15) is 11.8 Å². The number of hydrogen-bond acceptors (Lipinski definition) is 3. The molecule has 5 nitrogen and oxygen atoms in total. The molecule has 0 heterocycles. The van der Waals surface area contributed by atoms with Gasteiger partial charge in [-0.2, -0.15) is 0 Å². The molecule has 3 N–H and O–H groups in total. The number of aliphatic carboxylic acids is 1. The summed E-state index contributed by atoms with van der Waals surface area (Å²) in [5.41, 5.74) is 1.84. The summed E-state index contributed by atoms with van der Waals surface area (Å²) in [7, 11) is 0. The highest BCUT2D eigenvalue weighted by atomic mass is 35.5. The number of phenolic OH excluding ortho intramolecular Hbond substituents is 1. The summed E-state index contributed by atoms with van der Waals surface area (Å²) in [6.07, 6.45) is 0.122. The van der Waals surface area contributed by atoms with E-state index in [0.717, 1.165) is 5.56 Å². The van der Waals surface area contributed by atoms with Gasteiger partial charge in [0.2, 0.25) is 0 Å². The molecule has 2 aromatic carbocycles. The molecule has 0 aromatic heterocycles. The number of halogens is 1. The molecule has 1 atom stereocenters. The van der Waals surface area contributed by atoms with Crippen LogP contribution in [0.4, 0.5) is 0 Å². The normalized spacial score (nSPS) is 11.7. The second-order valence-electron chi connectivity index (χ2n) is 5.07. The average molecular weight is 334 g/mol. The van der Waals surface area contributed by atoms with Crippen LogP contribution in [-0.2, 0) is 17.1 Å². The van der Waals surface area contributed by atoms with Crippen molar-refractivity contribution >= 4 is 23.5 Å². The molecule has 2 rings (SSSR count). The van der Waals surface area contributed by atoms with Gasteiger partial charge in [0.15, 0.2) is 0 Å². The molecule has 0 bridgehead atoms. The molecule has 6 heteroatoms. The lowest BCUT2D eigenvalue weighted by Gasteiger charge is -2.15. The van der Waals surface area contributed by atoms with E-state index in [-0.39, 0.29) is 18.1 Å². The monoisotopic (exact) mass is 333 g/mol. The van der Waals surface area contributed by atoms with Gasteiger partial charge >= 0.3 is 5.97 Å². The number of hydrogen-bond donors (Lipinski definition) is 3. The van der Waals surface area contributed by atoms with E-state index in [1.165, 1.54) is 12.1 Å². The van der Waals surface area contributed by atoms with E-state index < -0.39 is 17.9 Å². The van der Waals surface area contributed by atoms with Crippen molar-refractivity contribution < 1.29 is 19.8 Å². The van der Waals surface area contributed by atoms with Gasteiger partial charge < -0.3 is 15.5 Å². The summed E-state index contributed by atoms with van der Waals surface area (Å²) in [6, 6.07) is 11.8. The van der Waals surface area contributed by atoms with Crippen molar-refractivity contribution in [3.8, 4) is 5.75 Å². The van der Waals surface area contributed by atoms with E-state index in [1.54, 1.807) is 36.4 Å². The molecule has 0 radical (unpaired) electrons. The largest absolute Gasteiger partial charge is 0.508 e. The third kappa shape index (κ3) is 4.72. The molecule has 0 aliphatic heterocycles. The molecule has 0 saturated carbocycles. The Morgan fingerprint density at radius 1 is 1.09 bits per heavy atom. The minimum Gasteiger partial charge on any atom is -0.508 e. The topological polar surface area (TPSA) is 86.6 Å². The highest BCUT2D eigenvalue weighted by Gasteiger charge is 2.21. The Morgan fingerprint density at radius 3 is 2.39 bits per heavy atom. The average Bonchev–Trinajstić information content (AvgIpc) is 2.56. The lowest BCUT2D eigenvalue weighted by atomic mass is 10.0. The Balaban J connectivity index is 2.10. The lowest BCUT2D eigenvalue weighted by Crippen LogP contribution is -2.42. The number of amides is 1. The zero-order valence-electron chi connectivity index (χ0n) is 12.2. The van der Waals surface area contributed by atoms with Gasteiger partial charge in [0.05, 0.1) is 0 Å². The summed E-state index contributed by atoms with van der Waals surface area (Å²) in [4.78, 5) is 23.6. The Hall–Kier alpha value is -2.53. The number of aromatic hydroxyl groups is 1. The van der Waals surface area contributed by atoms with E-state index in [1.807, 2.05) is 0 Å². The second kappa shape index (κ2) is 7.65. The van der Waals surface area contributed by atoms with Crippen LogP contribution >= 0.6 is 11.6 Å². The second-order valence-corrected chi connectivity index (χ2v) is 5.34. The molecule has 120 valence electrons. The smallest absolute Gasteiger partial charge is 0.326 e. The summed E-state index contributed by atoms with van der Waals surface area (Å²) < 4.78 is 0. The van der Waals surface area contributed by atoms with Crippen molar-refractivity contribution in [3.63, 3.8) is 0 Å². The fourth-order valence-electron chi connectivity index (χ4n) is 2.11. The Morgan fingerprint density at radius 2 is 1.78 bits per heavy atom. The first-order valence-corrected chi connectivity index (χ1v) is 7.49. The standard InChI is InChI=1S/C17H16ClNO4/c18-10-12-2-1-3-13(8-12)16(21)19-15(17(22)23)9-11-4-6-14(20)7-5-11/h1-8,15,20H,9-10H2,(H,19,21)(H,22,23)/t15-/m0/s1. The minimum absolute atomic E-state index is 0.0996. The maximum absolute atomic E-state index is 12.2. The molecule has 0 aliphatic rings. The highest BCUT2D eigenvalue weighted by molar-refractivity contribution is 6.17. The first-order valence-electron chi connectivity index (χ1n) is 6.96. The van der Waals surface area contributed by atoms with Crippen LogP contribution in [-0.4, -0.2) is 28.1 Å². The van der Waals surface area contributed by atoms with Crippen molar-refractivity contribution in [1.29, 1.82) is 0 Å². The van der Waals surface area contributed by atoms with E-state index in [9.17, 15) is 19.8 Å². The van der Waals surface area contributed by atoms with Crippen molar-refractivity contribution in [2.24, 2.45) is 0 Å². The Labute approximate surface area is 138 Å². The molecule has 1 amide bonds. The number of rotatable bonds is 6. The molecule has 0 saturated heterocycles. The van der Waals surface area contributed by atoms with Crippen LogP contribution in [0.15, 0.2) is 48.5 Å². The molecule has 0 unspecified atom stereocenters. The number of benzene rings is 2. The lowest BCUT2D eigenvalue weighted by molar-refractivity contribution is -0.139. The number of alkyl halides is 1. The van der Waals surface area contributed by atoms with Crippen LogP contribution in [0.2, 0.25) is 0 Å². The van der Waals surface area contributed by atoms with Crippen LogP contribution in [0.5, 0.6) is 5.75 Å². The van der Waals surface area contributed by atoms with Crippen LogP contribution in [0.3, 0.4) is 0 Å². The molecule has 0 fully saturated rings. The SMILES string of the molecule is O=C(N[C@@H](Cc1ccc(O)cc1)C(=O)O)c1cccc(CCl)c1. The van der Waals surface area contributed by atoms with Gasteiger partial charge in [-0.25, -0.2) is 4.79 Å². The van der Waals surface area contributed by atoms with Crippen LogP contribution in [0, 0.1) is 0 Å². The molecule has 0 aliphatic carbocycles. The first kappa shape index (κ1) is 16.8.